The minimum absolute atomic E-state index is 0.187. The molecule has 5 nitrogen and oxygen atoms in total. The van der Waals surface area contributed by atoms with E-state index in [1.807, 2.05) is 5.38 Å². The van der Waals surface area contributed by atoms with E-state index < -0.39 is 0 Å². The van der Waals surface area contributed by atoms with Crippen LogP contribution in [0.1, 0.15) is 25.5 Å². The third-order valence-corrected chi connectivity index (χ3v) is 2.95. The highest BCUT2D eigenvalue weighted by molar-refractivity contribution is 7.13. The maximum absolute atomic E-state index is 11.3. The number of rotatable bonds is 6. The second-order valence-electron chi connectivity index (χ2n) is 3.56. The van der Waals surface area contributed by atoms with Crippen molar-refractivity contribution in [2.45, 2.75) is 26.2 Å². The Morgan fingerprint density at radius 2 is 2.33 bits per heavy atom. The number of carbonyl (C=O) groups excluding carboxylic acids is 2. The third-order valence-electron chi connectivity index (χ3n) is 2.14. The first-order valence-electron chi connectivity index (χ1n) is 5.60. The third kappa shape index (κ3) is 5.09. The zero-order valence-electron chi connectivity index (χ0n) is 10.4. The van der Waals surface area contributed by atoms with Crippen molar-refractivity contribution >= 4 is 28.3 Å². The molecule has 0 aromatic carbocycles. The van der Waals surface area contributed by atoms with Gasteiger partial charge in [0.15, 0.2) is 5.13 Å². The predicted octanol–water partition coefficient (Wildman–Crippen LogP) is 2.15. The molecule has 0 atom stereocenters. The SMILES string of the molecule is C/C=C/C(=O)Nc1nc(CCCC(=O)OC)cs1. The highest BCUT2D eigenvalue weighted by Gasteiger charge is 2.05. The molecule has 1 aromatic heterocycles. The van der Waals surface area contributed by atoms with Gasteiger partial charge in [-0.05, 0) is 25.8 Å². The van der Waals surface area contributed by atoms with Gasteiger partial charge in [0.2, 0.25) is 5.91 Å². The molecule has 1 amide bonds. The fraction of sp³-hybridized carbons (Fsp3) is 0.417. The summed E-state index contributed by atoms with van der Waals surface area (Å²) in [6.07, 6.45) is 4.89. The van der Waals surface area contributed by atoms with Gasteiger partial charge in [-0.15, -0.1) is 11.3 Å². The van der Waals surface area contributed by atoms with Crippen molar-refractivity contribution in [3.8, 4) is 0 Å². The van der Waals surface area contributed by atoms with Crippen molar-refractivity contribution in [2.24, 2.45) is 0 Å². The van der Waals surface area contributed by atoms with Crippen LogP contribution in [0.25, 0.3) is 0 Å². The Morgan fingerprint density at radius 3 is 3.00 bits per heavy atom. The van der Waals surface area contributed by atoms with Gasteiger partial charge in [0.05, 0.1) is 12.8 Å². The fourth-order valence-electron chi connectivity index (χ4n) is 1.29. The van der Waals surface area contributed by atoms with Gasteiger partial charge < -0.3 is 4.74 Å². The van der Waals surface area contributed by atoms with E-state index in [1.165, 1.54) is 24.5 Å². The molecule has 1 N–H and O–H groups in total. The number of hydrogen-bond donors (Lipinski definition) is 1. The maximum Gasteiger partial charge on any atom is 0.305 e. The highest BCUT2D eigenvalue weighted by Crippen LogP contribution is 2.17. The van der Waals surface area contributed by atoms with Crippen molar-refractivity contribution < 1.29 is 14.3 Å². The molecule has 0 spiro atoms. The van der Waals surface area contributed by atoms with Gasteiger partial charge in [0.1, 0.15) is 0 Å². The minimum atomic E-state index is -0.216. The molecule has 0 aliphatic carbocycles. The lowest BCUT2D eigenvalue weighted by atomic mass is 10.2. The Kier molecular flexibility index (Phi) is 6.07. The Balaban J connectivity index is 2.39. The standard InChI is InChI=1S/C12H16N2O3S/c1-3-5-10(15)14-12-13-9(8-18-12)6-4-7-11(16)17-2/h3,5,8H,4,6-7H2,1-2H3,(H,13,14,15)/b5-3+. The van der Waals surface area contributed by atoms with Crippen LogP contribution in [0, 0.1) is 0 Å². The normalized spacial score (nSPS) is 10.6. The Labute approximate surface area is 110 Å². The molecular weight excluding hydrogens is 252 g/mol. The van der Waals surface area contributed by atoms with E-state index in [2.05, 4.69) is 15.0 Å². The summed E-state index contributed by atoms with van der Waals surface area (Å²) in [6.45, 7) is 1.78. The maximum atomic E-state index is 11.3. The van der Waals surface area contributed by atoms with E-state index in [4.69, 9.17) is 0 Å². The monoisotopic (exact) mass is 268 g/mol. The van der Waals surface area contributed by atoms with Gasteiger partial charge in [0, 0.05) is 11.8 Å². The lowest BCUT2D eigenvalue weighted by Crippen LogP contribution is -2.07. The minimum Gasteiger partial charge on any atom is -0.469 e. The van der Waals surface area contributed by atoms with Gasteiger partial charge >= 0.3 is 5.97 Å². The molecule has 0 saturated heterocycles. The largest absolute Gasteiger partial charge is 0.469 e. The van der Waals surface area contributed by atoms with Gasteiger partial charge in [0.25, 0.3) is 0 Å². The van der Waals surface area contributed by atoms with Crippen LogP contribution in [-0.4, -0.2) is 24.0 Å². The lowest BCUT2D eigenvalue weighted by Gasteiger charge is -1.97. The summed E-state index contributed by atoms with van der Waals surface area (Å²) in [7, 11) is 1.38. The number of anilines is 1. The fourth-order valence-corrected chi connectivity index (χ4v) is 2.04. The first-order chi connectivity index (χ1) is 8.65. The molecule has 0 bridgehead atoms. The van der Waals surface area contributed by atoms with Crippen molar-refractivity contribution in [3.63, 3.8) is 0 Å². The molecule has 0 aliphatic rings. The number of esters is 1. The number of ether oxygens (including phenoxy) is 1. The smallest absolute Gasteiger partial charge is 0.305 e. The van der Waals surface area contributed by atoms with E-state index >= 15 is 0 Å². The molecule has 18 heavy (non-hydrogen) atoms. The molecule has 6 heteroatoms. The van der Waals surface area contributed by atoms with Crippen LogP contribution < -0.4 is 5.32 Å². The topological polar surface area (TPSA) is 68.3 Å². The number of hydrogen-bond acceptors (Lipinski definition) is 5. The molecule has 1 rings (SSSR count). The Morgan fingerprint density at radius 1 is 1.56 bits per heavy atom. The number of carbonyl (C=O) groups is 2. The summed E-state index contributed by atoms with van der Waals surface area (Å²) in [4.78, 5) is 26.4. The lowest BCUT2D eigenvalue weighted by molar-refractivity contribution is -0.140. The summed E-state index contributed by atoms with van der Waals surface area (Å²) in [5.41, 5.74) is 0.875. The number of allylic oxidation sites excluding steroid dienone is 1. The molecule has 98 valence electrons. The van der Waals surface area contributed by atoms with E-state index in [0.717, 1.165) is 5.69 Å². The van der Waals surface area contributed by atoms with E-state index in [1.54, 1.807) is 13.0 Å². The second-order valence-corrected chi connectivity index (χ2v) is 4.42. The molecule has 0 unspecified atom stereocenters. The van der Waals surface area contributed by atoms with Crippen molar-refractivity contribution in [3.05, 3.63) is 23.2 Å². The van der Waals surface area contributed by atoms with Crippen LogP contribution in [0.15, 0.2) is 17.5 Å². The quantitative estimate of drug-likeness (QED) is 0.634. The van der Waals surface area contributed by atoms with Gasteiger partial charge in [-0.25, -0.2) is 4.98 Å². The first-order valence-corrected chi connectivity index (χ1v) is 6.48. The number of nitrogens with one attached hydrogen (secondary N) is 1. The summed E-state index contributed by atoms with van der Waals surface area (Å²) < 4.78 is 4.55. The molecular formula is C12H16N2O3S. The number of nitrogens with zero attached hydrogens (tertiary/aromatic N) is 1. The summed E-state index contributed by atoms with van der Waals surface area (Å²) >= 11 is 1.38. The molecule has 0 radical (unpaired) electrons. The van der Waals surface area contributed by atoms with Gasteiger partial charge in [-0.2, -0.15) is 0 Å². The van der Waals surface area contributed by atoms with Crippen LogP contribution in [0.4, 0.5) is 5.13 Å². The number of thiazole rings is 1. The Hall–Kier alpha value is -1.69. The van der Waals surface area contributed by atoms with Crippen molar-refractivity contribution in [1.82, 2.24) is 4.98 Å². The predicted molar refractivity (Wildman–Crippen MR) is 70.5 cm³/mol. The summed E-state index contributed by atoms with van der Waals surface area (Å²) in [6, 6.07) is 0. The Bertz CT molecular complexity index is 440. The van der Waals surface area contributed by atoms with Crippen LogP contribution in [0.5, 0.6) is 0 Å². The summed E-state index contributed by atoms with van der Waals surface area (Å²) in [5, 5.41) is 5.12. The second kappa shape index (κ2) is 7.60. The van der Waals surface area contributed by atoms with E-state index in [0.29, 0.717) is 24.4 Å². The average molecular weight is 268 g/mol. The van der Waals surface area contributed by atoms with Gasteiger partial charge in [-0.3, -0.25) is 14.9 Å². The molecule has 1 heterocycles. The highest BCUT2D eigenvalue weighted by atomic mass is 32.1. The van der Waals surface area contributed by atoms with Crippen LogP contribution in [0.3, 0.4) is 0 Å². The zero-order chi connectivity index (χ0) is 13.4. The molecule has 0 saturated carbocycles. The van der Waals surface area contributed by atoms with Crippen molar-refractivity contribution in [1.29, 1.82) is 0 Å². The molecule has 0 fully saturated rings. The molecule has 0 aliphatic heterocycles. The summed E-state index contributed by atoms with van der Waals surface area (Å²) in [5.74, 6) is -0.403. The average Bonchev–Trinajstić information content (AvgIpc) is 2.76. The van der Waals surface area contributed by atoms with E-state index in [9.17, 15) is 9.59 Å². The van der Waals surface area contributed by atoms with Crippen LogP contribution >= 0.6 is 11.3 Å². The molecule has 1 aromatic rings. The number of aryl methyl sites for hydroxylation is 1. The van der Waals surface area contributed by atoms with E-state index in [-0.39, 0.29) is 11.9 Å². The number of amides is 1. The first kappa shape index (κ1) is 14.4. The number of methoxy groups -OCH3 is 1. The van der Waals surface area contributed by atoms with Crippen molar-refractivity contribution in [2.75, 3.05) is 12.4 Å². The van der Waals surface area contributed by atoms with Crippen LogP contribution in [0.2, 0.25) is 0 Å². The van der Waals surface area contributed by atoms with Crippen LogP contribution in [-0.2, 0) is 20.7 Å². The zero-order valence-corrected chi connectivity index (χ0v) is 11.3. The van der Waals surface area contributed by atoms with Gasteiger partial charge in [-0.1, -0.05) is 6.08 Å². The number of aromatic nitrogens is 1.